The Morgan fingerprint density at radius 1 is 0.935 bits per heavy atom. The number of methoxy groups -OCH3 is 2. The normalized spacial score (nSPS) is 11.1. The van der Waals surface area contributed by atoms with Crippen molar-refractivity contribution in [2.75, 3.05) is 14.2 Å². The van der Waals surface area contributed by atoms with E-state index in [2.05, 4.69) is 6.08 Å². The van der Waals surface area contributed by atoms with Crippen LogP contribution in [0.3, 0.4) is 0 Å². The molecule has 1 heterocycles. The lowest BCUT2D eigenvalue weighted by Crippen LogP contribution is -1.93. The van der Waals surface area contributed by atoms with E-state index in [1.165, 1.54) is 17.7 Å². The van der Waals surface area contributed by atoms with Gasteiger partial charge >= 0.3 is 0 Å². The first-order valence-corrected chi connectivity index (χ1v) is 9.82. The zero-order valence-electron chi connectivity index (χ0n) is 17.8. The fraction of sp³-hybridized carbons (Fsp3) is 0.200. The Kier molecular flexibility index (Phi) is 5.15. The highest BCUT2D eigenvalue weighted by Crippen LogP contribution is 2.48. The zero-order chi connectivity index (χ0) is 22.3. The molecule has 1 aromatic heterocycles. The number of aromatic hydroxyl groups is 3. The van der Waals surface area contributed by atoms with E-state index in [1.807, 2.05) is 32.0 Å². The van der Waals surface area contributed by atoms with Crippen molar-refractivity contribution < 1.29 is 29.2 Å². The molecule has 31 heavy (non-hydrogen) atoms. The maximum Gasteiger partial charge on any atom is 0.181 e. The number of phenols is 3. The first-order valence-electron chi connectivity index (χ1n) is 9.82. The van der Waals surface area contributed by atoms with E-state index in [1.54, 1.807) is 20.3 Å². The second-order valence-electron chi connectivity index (χ2n) is 7.63. The molecular formula is C25H24O6. The fourth-order valence-electron chi connectivity index (χ4n) is 3.73. The van der Waals surface area contributed by atoms with Crippen LogP contribution in [0.25, 0.3) is 33.1 Å². The van der Waals surface area contributed by atoms with Gasteiger partial charge in [-0.1, -0.05) is 17.7 Å². The first kappa shape index (κ1) is 20.5. The highest BCUT2D eigenvalue weighted by Gasteiger charge is 2.23. The molecule has 0 aliphatic carbocycles. The maximum absolute atomic E-state index is 10.3. The fourth-order valence-corrected chi connectivity index (χ4v) is 3.73. The van der Waals surface area contributed by atoms with Crippen LogP contribution in [0.15, 0.2) is 52.5 Å². The summed E-state index contributed by atoms with van der Waals surface area (Å²) in [5.74, 6) is 0.733. The van der Waals surface area contributed by atoms with Gasteiger partial charge in [-0.3, -0.25) is 0 Å². The second kappa shape index (κ2) is 7.80. The number of benzene rings is 3. The highest BCUT2D eigenvalue weighted by molar-refractivity contribution is 6.13. The number of hydrogen-bond donors (Lipinski definition) is 3. The molecule has 6 heteroatoms. The largest absolute Gasteiger partial charge is 0.508 e. The average Bonchev–Trinajstić information content (AvgIpc) is 3.10. The SMILES string of the molecule is COc1c(-c2ccc(O)c(CC=C(C)C)c2)cc(OC)c2c1oc1cc(O)c(O)cc12. The summed E-state index contributed by atoms with van der Waals surface area (Å²) in [5, 5.41) is 31.4. The van der Waals surface area contributed by atoms with Crippen molar-refractivity contribution in [3.8, 4) is 39.9 Å². The van der Waals surface area contributed by atoms with Crippen LogP contribution in [0.2, 0.25) is 0 Å². The second-order valence-corrected chi connectivity index (χ2v) is 7.63. The number of phenolic OH excluding ortho intramolecular Hbond substituents is 3. The van der Waals surface area contributed by atoms with Crippen molar-refractivity contribution in [2.45, 2.75) is 20.3 Å². The van der Waals surface area contributed by atoms with Crippen molar-refractivity contribution >= 4 is 21.9 Å². The van der Waals surface area contributed by atoms with Crippen LogP contribution in [0.4, 0.5) is 0 Å². The van der Waals surface area contributed by atoms with E-state index in [4.69, 9.17) is 13.9 Å². The van der Waals surface area contributed by atoms with Crippen molar-refractivity contribution in [2.24, 2.45) is 0 Å². The van der Waals surface area contributed by atoms with E-state index in [0.29, 0.717) is 39.9 Å². The summed E-state index contributed by atoms with van der Waals surface area (Å²) in [6.45, 7) is 4.03. The molecule has 0 spiro atoms. The lowest BCUT2D eigenvalue weighted by atomic mass is 9.97. The van der Waals surface area contributed by atoms with Gasteiger partial charge in [0.15, 0.2) is 22.8 Å². The Morgan fingerprint density at radius 3 is 2.35 bits per heavy atom. The summed E-state index contributed by atoms with van der Waals surface area (Å²) >= 11 is 0. The van der Waals surface area contributed by atoms with E-state index in [9.17, 15) is 15.3 Å². The molecule has 3 N–H and O–H groups in total. The third-order valence-corrected chi connectivity index (χ3v) is 5.30. The molecule has 3 aromatic carbocycles. The standard InChI is InChI=1S/C25H24O6/c1-13(2)5-6-15-9-14(7-8-18(15)26)16-11-22(29-3)23-17-10-19(27)20(28)12-21(17)31-25(23)24(16)30-4/h5,7-12,26-28H,6H2,1-4H3. The zero-order valence-corrected chi connectivity index (χ0v) is 17.8. The third-order valence-electron chi connectivity index (χ3n) is 5.30. The minimum atomic E-state index is -0.271. The van der Waals surface area contributed by atoms with Crippen molar-refractivity contribution in [3.63, 3.8) is 0 Å². The average molecular weight is 420 g/mol. The predicted octanol–water partition coefficient (Wildman–Crippen LogP) is 5.90. The molecule has 0 atom stereocenters. The van der Waals surface area contributed by atoms with E-state index in [-0.39, 0.29) is 17.2 Å². The number of rotatable bonds is 5. The Hall–Kier alpha value is -3.80. The first-order chi connectivity index (χ1) is 14.8. The summed E-state index contributed by atoms with van der Waals surface area (Å²) in [5.41, 5.74) is 4.36. The van der Waals surface area contributed by atoms with Gasteiger partial charge < -0.3 is 29.2 Å². The molecule has 0 radical (unpaired) electrons. The summed E-state index contributed by atoms with van der Waals surface area (Å²) in [7, 11) is 3.11. The van der Waals surface area contributed by atoms with Crippen LogP contribution < -0.4 is 9.47 Å². The Balaban J connectivity index is 2.00. The molecule has 0 unspecified atom stereocenters. The molecule has 160 valence electrons. The highest BCUT2D eigenvalue weighted by atomic mass is 16.5. The Morgan fingerprint density at radius 2 is 1.68 bits per heavy atom. The van der Waals surface area contributed by atoms with Crippen molar-refractivity contribution in [1.29, 1.82) is 0 Å². The molecule has 0 aliphatic rings. The van der Waals surface area contributed by atoms with Crippen LogP contribution in [-0.2, 0) is 6.42 Å². The molecule has 0 bridgehead atoms. The van der Waals surface area contributed by atoms with Gasteiger partial charge in [0.25, 0.3) is 0 Å². The summed E-state index contributed by atoms with van der Waals surface area (Å²) in [6.07, 6.45) is 2.66. The van der Waals surface area contributed by atoms with Gasteiger partial charge in [0.1, 0.15) is 17.1 Å². The quantitative estimate of drug-likeness (QED) is 0.275. The van der Waals surface area contributed by atoms with E-state index < -0.39 is 0 Å². The maximum atomic E-state index is 10.3. The number of furan rings is 1. The molecule has 0 saturated heterocycles. The predicted molar refractivity (Wildman–Crippen MR) is 120 cm³/mol. The molecule has 4 rings (SSSR count). The number of hydrogen-bond acceptors (Lipinski definition) is 6. The van der Waals surface area contributed by atoms with Gasteiger partial charge in [-0.2, -0.15) is 0 Å². The minimum absolute atomic E-state index is 0.225. The van der Waals surface area contributed by atoms with E-state index >= 15 is 0 Å². The van der Waals surface area contributed by atoms with Crippen molar-refractivity contribution in [1.82, 2.24) is 0 Å². The molecule has 0 fully saturated rings. The van der Waals surface area contributed by atoms with Crippen LogP contribution in [0.5, 0.6) is 28.7 Å². The monoisotopic (exact) mass is 420 g/mol. The molecule has 6 nitrogen and oxygen atoms in total. The van der Waals surface area contributed by atoms with Crippen LogP contribution in [0, 0.1) is 0 Å². The number of fused-ring (bicyclic) bond motifs is 3. The minimum Gasteiger partial charge on any atom is -0.508 e. The van der Waals surface area contributed by atoms with Crippen molar-refractivity contribution in [3.05, 3.63) is 53.6 Å². The van der Waals surface area contributed by atoms with Gasteiger partial charge in [-0.25, -0.2) is 0 Å². The molecule has 4 aromatic rings. The lowest BCUT2D eigenvalue weighted by Gasteiger charge is -2.14. The summed E-state index contributed by atoms with van der Waals surface area (Å²) < 4.78 is 17.4. The molecule has 0 amide bonds. The van der Waals surface area contributed by atoms with Gasteiger partial charge in [0.05, 0.1) is 19.6 Å². The third kappa shape index (κ3) is 3.50. The van der Waals surface area contributed by atoms with E-state index in [0.717, 1.165) is 16.7 Å². The Labute approximate surface area is 179 Å². The number of ether oxygens (including phenoxy) is 2. The molecular weight excluding hydrogens is 396 g/mol. The van der Waals surface area contributed by atoms with Gasteiger partial charge in [0, 0.05) is 17.0 Å². The summed E-state index contributed by atoms with van der Waals surface area (Å²) in [4.78, 5) is 0. The van der Waals surface area contributed by atoms with Gasteiger partial charge in [0.2, 0.25) is 0 Å². The lowest BCUT2D eigenvalue weighted by molar-refractivity contribution is 0.403. The molecule has 0 aliphatic heterocycles. The Bertz CT molecular complexity index is 1330. The summed E-state index contributed by atoms with van der Waals surface area (Å²) in [6, 6.07) is 10.0. The van der Waals surface area contributed by atoms with Gasteiger partial charge in [-0.05, 0) is 55.7 Å². The van der Waals surface area contributed by atoms with Crippen LogP contribution in [0.1, 0.15) is 19.4 Å². The van der Waals surface area contributed by atoms with Crippen LogP contribution in [-0.4, -0.2) is 29.5 Å². The topological polar surface area (TPSA) is 92.3 Å². The number of allylic oxidation sites excluding steroid dienone is 2. The van der Waals surface area contributed by atoms with Gasteiger partial charge in [-0.15, -0.1) is 0 Å². The van der Waals surface area contributed by atoms with Crippen LogP contribution >= 0.6 is 0 Å². The smallest absolute Gasteiger partial charge is 0.181 e. The molecule has 0 saturated carbocycles.